The van der Waals surface area contributed by atoms with Crippen LogP contribution in [0.25, 0.3) is 11.3 Å². The van der Waals surface area contributed by atoms with Crippen LogP contribution < -0.4 is 0 Å². The van der Waals surface area contributed by atoms with E-state index in [9.17, 15) is 26.3 Å². The summed E-state index contributed by atoms with van der Waals surface area (Å²) in [6.45, 7) is 1.99. The molecule has 35 heavy (non-hydrogen) atoms. The molecule has 0 atom stereocenters. The fourth-order valence-electron chi connectivity index (χ4n) is 1.25. The number of hydrogen-bond donors (Lipinski definition) is 2. The van der Waals surface area contributed by atoms with Gasteiger partial charge in [-0.25, -0.2) is 8.42 Å². The van der Waals surface area contributed by atoms with E-state index in [-0.39, 0.29) is 20.1 Å². The van der Waals surface area contributed by atoms with E-state index in [1.54, 1.807) is 21.0 Å². The standard InChI is InChI=1S/C12H10N.CHF3O3S.CF3O2S.2CH4O.Ag.Ir.O/c1-10-6-5-9-12(13-10)11-7-3-2-4-8-11;2-1(3,4)8(5,6)7;2-1(3,4)7(5)6;2*1-2;;;/h2-7,9H,1H3;(H,5,6,7);;2*2H,1H3;;;/q-1;;-1;;;;;/p-1. The molecule has 0 aliphatic carbocycles. The van der Waals surface area contributed by atoms with Gasteiger partial charge in [0.2, 0.25) is 0 Å². The second-order valence-electron chi connectivity index (χ2n) is 4.52. The van der Waals surface area contributed by atoms with Gasteiger partial charge in [0.15, 0.2) is 10.1 Å². The van der Waals surface area contributed by atoms with E-state index in [4.69, 9.17) is 34.9 Å². The monoisotopic (exact) mass is 830 g/mol. The molecule has 0 unspecified atom stereocenters. The number of rotatable bonds is 1. The van der Waals surface area contributed by atoms with Crippen molar-refractivity contribution in [2.24, 2.45) is 0 Å². The maximum atomic E-state index is 10.7. The molecule has 212 valence electrons. The molecule has 0 aliphatic rings. The van der Waals surface area contributed by atoms with Crippen molar-refractivity contribution in [2.45, 2.75) is 17.9 Å². The summed E-state index contributed by atoms with van der Waals surface area (Å²) >= 11 is 1.70. The summed E-state index contributed by atoms with van der Waals surface area (Å²) in [7, 11) is -8.02. The van der Waals surface area contributed by atoms with Crippen LogP contribution in [0.3, 0.4) is 0 Å². The minimum absolute atomic E-state index is 0. The van der Waals surface area contributed by atoms with Crippen LogP contribution in [0.15, 0.2) is 42.5 Å². The Hall–Kier alpha value is -1.08. The third-order valence-electron chi connectivity index (χ3n) is 2.35. The zero-order valence-corrected chi connectivity index (χ0v) is 23.1. The van der Waals surface area contributed by atoms with Crippen molar-refractivity contribution >= 4 is 20.8 Å². The molecule has 2 rings (SSSR count). The quantitative estimate of drug-likeness (QED) is 0.110. The van der Waals surface area contributed by atoms with Gasteiger partial charge in [-0.05, 0) is 18.7 Å². The molecule has 1 radical (unpaired) electrons. The van der Waals surface area contributed by atoms with Crippen LogP contribution in [0, 0.1) is 13.0 Å². The molecule has 0 bridgehead atoms. The first kappa shape index (κ1) is 44.0. The van der Waals surface area contributed by atoms with E-state index in [0.29, 0.717) is 0 Å². The number of benzene rings is 1. The molecule has 0 saturated heterocycles. The Labute approximate surface area is 224 Å². The summed E-state index contributed by atoms with van der Waals surface area (Å²) < 4.78 is 116. The molecule has 0 spiro atoms. The fourth-order valence-corrected chi connectivity index (χ4v) is 1.25. The van der Waals surface area contributed by atoms with Gasteiger partial charge in [0.25, 0.3) is 0 Å². The van der Waals surface area contributed by atoms with Crippen molar-refractivity contribution in [3.63, 3.8) is 0 Å². The van der Waals surface area contributed by atoms with Crippen molar-refractivity contribution in [1.29, 1.82) is 0 Å². The molecular formula is C16H18AgF6IrNO8S2-3. The summed E-state index contributed by atoms with van der Waals surface area (Å²) in [5.41, 5.74) is -7.66. The number of alkyl halides is 6. The van der Waals surface area contributed by atoms with Gasteiger partial charge in [-0.15, -0.1) is 35.9 Å². The van der Waals surface area contributed by atoms with Gasteiger partial charge in [-0.1, -0.05) is 12.1 Å². The molecular weight excluding hydrogens is 812 g/mol. The second-order valence-corrected chi connectivity index (χ2v) is 6.82. The molecule has 19 heteroatoms. The normalized spacial score (nSPS) is 9.91. The van der Waals surface area contributed by atoms with Gasteiger partial charge < -0.3 is 28.2 Å². The number of pyridine rings is 1. The van der Waals surface area contributed by atoms with Crippen LogP contribution in [0.4, 0.5) is 26.3 Å². The molecule has 2 aromatic rings. The Kier molecular flexibility index (Phi) is 29.3. The first-order valence-corrected chi connectivity index (χ1v) is 10.7. The molecule has 2 N–H and O–H groups in total. The van der Waals surface area contributed by atoms with Crippen LogP contribution in [-0.2, 0) is 73.6 Å². The van der Waals surface area contributed by atoms with E-state index in [1.165, 1.54) is 0 Å². The van der Waals surface area contributed by atoms with Crippen molar-refractivity contribution in [1.82, 2.24) is 4.98 Å². The Morgan fingerprint density at radius 1 is 0.943 bits per heavy atom. The van der Waals surface area contributed by atoms with Crippen LogP contribution in [0.1, 0.15) is 5.69 Å². The number of aliphatic hydroxyl groups is 2. The van der Waals surface area contributed by atoms with Crippen molar-refractivity contribution in [2.75, 3.05) is 14.2 Å². The number of aliphatic hydroxyl groups excluding tert-OH is 2. The Balaban J connectivity index is -0.000000120. The Morgan fingerprint density at radius 2 is 1.34 bits per heavy atom. The number of aryl methyl sites for hydroxylation is 1. The number of aromatic nitrogens is 1. The summed E-state index contributed by atoms with van der Waals surface area (Å²) in [6.07, 6.45) is 0. The van der Waals surface area contributed by atoms with E-state index in [2.05, 4.69) is 11.1 Å². The van der Waals surface area contributed by atoms with Gasteiger partial charge in [0.05, 0.1) is 0 Å². The zero-order valence-electron chi connectivity index (χ0n) is 17.6. The van der Waals surface area contributed by atoms with Crippen LogP contribution in [0.5, 0.6) is 0 Å². The third-order valence-corrected chi connectivity index (χ3v) is 3.29. The van der Waals surface area contributed by atoms with Crippen molar-refractivity contribution < 1.29 is 102 Å². The van der Waals surface area contributed by atoms with Gasteiger partial charge in [-0.2, -0.15) is 26.3 Å². The summed E-state index contributed by atoms with van der Waals surface area (Å²) in [6, 6.07) is 17.0. The fraction of sp³-hybridized carbons (Fsp3) is 0.312. The molecule has 1 heterocycles. The average Bonchev–Trinajstić information content (AvgIpc) is 2.77. The third kappa shape index (κ3) is 24.4. The first-order valence-electron chi connectivity index (χ1n) is 7.66. The van der Waals surface area contributed by atoms with E-state index >= 15 is 0 Å². The zero-order chi connectivity index (χ0) is 28.2. The van der Waals surface area contributed by atoms with E-state index < -0.39 is 31.8 Å². The summed E-state index contributed by atoms with van der Waals surface area (Å²) in [4.78, 5) is 4.41. The number of halogens is 6. The van der Waals surface area contributed by atoms with E-state index in [1.807, 2.05) is 49.4 Å². The van der Waals surface area contributed by atoms with Gasteiger partial charge in [0.1, 0.15) is 0 Å². The minimum atomic E-state index is -6.09. The molecule has 9 nitrogen and oxygen atoms in total. The maximum absolute atomic E-state index is 10.7. The van der Waals surface area contributed by atoms with Crippen LogP contribution >= 0.6 is 0 Å². The number of nitrogens with zero attached hydrogens (tertiary/aromatic N) is 1. The summed E-state index contributed by atoms with van der Waals surface area (Å²) in [5.74, 6) is 0. The molecule has 1 aromatic carbocycles. The van der Waals surface area contributed by atoms with Gasteiger partial charge in [-0.3, -0.25) is 0 Å². The van der Waals surface area contributed by atoms with Crippen LogP contribution in [-0.4, -0.2) is 53.4 Å². The molecule has 0 amide bonds. The SMILES string of the molecule is CO.CO.Cc1cccc(-c2[c-]cccc2)n1.O=S(=O)([O-])C(F)(F)F.O=[S-](=O)C(F)(F)F.[Ir].[O]=[Ag]. The molecule has 1 aromatic heterocycles. The first-order chi connectivity index (χ1) is 15.6. The second kappa shape index (κ2) is 23.3. The topological polar surface area (TPSA) is 162 Å². The summed E-state index contributed by atoms with van der Waals surface area (Å²) in [5, 5.41) is 14.0. The van der Waals surface area contributed by atoms with Gasteiger partial charge >= 0.3 is 35.3 Å². The number of hydrogen-bond acceptors (Lipinski definition) is 10. The molecule has 0 aliphatic heterocycles. The Bertz CT molecular complexity index is 955. The van der Waals surface area contributed by atoms with Gasteiger partial charge in [0, 0.05) is 50.7 Å². The van der Waals surface area contributed by atoms with Crippen molar-refractivity contribution in [3.8, 4) is 11.3 Å². The predicted octanol–water partition coefficient (Wildman–Crippen LogP) is 2.82. The predicted molar refractivity (Wildman–Crippen MR) is 101 cm³/mol. The van der Waals surface area contributed by atoms with Crippen molar-refractivity contribution in [3.05, 3.63) is 54.2 Å². The molecule has 0 fully saturated rings. The Morgan fingerprint density at radius 3 is 1.60 bits per heavy atom. The average molecular weight is 831 g/mol. The molecule has 0 saturated carbocycles. The van der Waals surface area contributed by atoms with Crippen LogP contribution in [0.2, 0.25) is 0 Å². The van der Waals surface area contributed by atoms with E-state index in [0.717, 1.165) is 31.2 Å².